The summed E-state index contributed by atoms with van der Waals surface area (Å²) in [5, 5.41) is 0. The third-order valence-electron chi connectivity index (χ3n) is 5.57. The van der Waals surface area contributed by atoms with Crippen molar-refractivity contribution in [1.29, 1.82) is 0 Å². The molecule has 0 aromatic carbocycles. The number of hydrogen-bond donors (Lipinski definition) is 0. The maximum Gasteiger partial charge on any atom is 0.302 e. The Bertz CT molecular complexity index is 477. The zero-order chi connectivity index (χ0) is 16.0. The van der Waals surface area contributed by atoms with Crippen molar-refractivity contribution in [3.05, 3.63) is 12.2 Å². The average Bonchev–Trinajstić information content (AvgIpc) is 2.50. The van der Waals surface area contributed by atoms with Gasteiger partial charge in [-0.25, -0.2) is 9.78 Å². The summed E-state index contributed by atoms with van der Waals surface area (Å²) >= 11 is 3.81. The van der Waals surface area contributed by atoms with E-state index in [1.807, 2.05) is 0 Å². The maximum atomic E-state index is 11.0. The third-order valence-corrected chi connectivity index (χ3v) is 7.27. The van der Waals surface area contributed by atoms with Gasteiger partial charge in [0.1, 0.15) is 12.2 Å². The van der Waals surface area contributed by atoms with Gasteiger partial charge in [-0.3, -0.25) is 4.79 Å². The molecule has 2 aliphatic heterocycles. The predicted octanol–water partition coefficient (Wildman–Crippen LogP) is 3.93. The van der Waals surface area contributed by atoms with E-state index >= 15 is 0 Å². The molecule has 0 aromatic rings. The van der Waals surface area contributed by atoms with E-state index in [1.54, 1.807) is 0 Å². The van der Waals surface area contributed by atoms with Crippen LogP contribution in [0.3, 0.4) is 0 Å². The Balaban J connectivity index is 1.72. The molecule has 2 bridgehead atoms. The van der Waals surface area contributed by atoms with E-state index in [1.165, 1.54) is 6.92 Å². The second-order valence-corrected chi connectivity index (χ2v) is 8.84. The summed E-state index contributed by atoms with van der Waals surface area (Å²) in [6, 6.07) is 0. The van der Waals surface area contributed by atoms with Crippen molar-refractivity contribution >= 4 is 21.9 Å². The molecular formula is C17H25BrO4. The van der Waals surface area contributed by atoms with Crippen LogP contribution in [0.25, 0.3) is 0 Å². The van der Waals surface area contributed by atoms with Crippen LogP contribution < -0.4 is 0 Å². The van der Waals surface area contributed by atoms with Gasteiger partial charge in [0.15, 0.2) is 5.60 Å². The standard InChI is InChI=1S/C17H25BrO4/c1-12(19)20-11-16-6-8-17(9-7-16,22-21-16)13-4-5-14(18)15(2,3)10-13/h6,8,13-14H,4-5,7,9-11H2,1-3H3. The molecule has 1 saturated heterocycles. The van der Waals surface area contributed by atoms with Crippen molar-refractivity contribution in [3.8, 4) is 0 Å². The second-order valence-electron chi connectivity index (χ2n) is 7.73. The van der Waals surface area contributed by atoms with Gasteiger partial charge in [0, 0.05) is 11.8 Å². The lowest BCUT2D eigenvalue weighted by Gasteiger charge is -2.53. The average molecular weight is 373 g/mol. The van der Waals surface area contributed by atoms with Gasteiger partial charge in [0.25, 0.3) is 0 Å². The lowest BCUT2D eigenvalue weighted by molar-refractivity contribution is -0.441. The van der Waals surface area contributed by atoms with E-state index in [2.05, 4.69) is 41.9 Å². The van der Waals surface area contributed by atoms with Crippen LogP contribution in [0.2, 0.25) is 0 Å². The van der Waals surface area contributed by atoms with E-state index in [0.717, 1.165) is 32.1 Å². The molecule has 5 heteroatoms. The molecule has 0 N–H and O–H groups in total. The number of hydrogen-bond acceptors (Lipinski definition) is 4. The molecule has 124 valence electrons. The fourth-order valence-electron chi connectivity index (χ4n) is 3.96. The molecule has 2 fully saturated rings. The summed E-state index contributed by atoms with van der Waals surface area (Å²) < 4.78 is 5.12. The molecule has 4 atom stereocenters. The number of carbonyl (C=O) groups excluding carboxylic acids is 1. The van der Waals surface area contributed by atoms with E-state index < -0.39 is 5.60 Å². The maximum absolute atomic E-state index is 11.0. The Kier molecular flexibility index (Phi) is 4.19. The molecule has 22 heavy (non-hydrogen) atoms. The largest absolute Gasteiger partial charge is 0.462 e. The Morgan fingerprint density at radius 2 is 2.05 bits per heavy atom. The van der Waals surface area contributed by atoms with Gasteiger partial charge in [0.05, 0.1) is 0 Å². The van der Waals surface area contributed by atoms with Crippen molar-refractivity contribution in [2.24, 2.45) is 11.3 Å². The molecular weight excluding hydrogens is 348 g/mol. The molecule has 1 saturated carbocycles. The minimum atomic E-state index is -0.588. The first-order valence-corrected chi connectivity index (χ1v) is 9.03. The van der Waals surface area contributed by atoms with Crippen LogP contribution in [0, 0.1) is 11.3 Å². The molecule has 0 amide bonds. The number of rotatable bonds is 3. The Hall–Kier alpha value is -0.390. The van der Waals surface area contributed by atoms with Crippen LogP contribution in [-0.4, -0.2) is 28.6 Å². The molecule has 0 spiro atoms. The molecule has 2 aliphatic carbocycles. The monoisotopic (exact) mass is 372 g/mol. The molecule has 2 heterocycles. The first kappa shape index (κ1) is 16.5. The Morgan fingerprint density at radius 3 is 2.55 bits per heavy atom. The minimum Gasteiger partial charge on any atom is -0.462 e. The lowest BCUT2D eigenvalue weighted by Crippen LogP contribution is -2.56. The van der Waals surface area contributed by atoms with Gasteiger partial charge >= 0.3 is 5.97 Å². The zero-order valence-corrected chi connectivity index (χ0v) is 15.1. The van der Waals surface area contributed by atoms with Gasteiger partial charge in [-0.2, -0.15) is 0 Å². The summed E-state index contributed by atoms with van der Waals surface area (Å²) in [5.41, 5.74) is -0.628. The Labute approximate surface area is 140 Å². The van der Waals surface area contributed by atoms with Crippen LogP contribution in [0.5, 0.6) is 0 Å². The van der Waals surface area contributed by atoms with Crippen LogP contribution in [0.15, 0.2) is 12.2 Å². The minimum absolute atomic E-state index is 0.231. The van der Waals surface area contributed by atoms with Crippen molar-refractivity contribution in [2.75, 3.05) is 6.61 Å². The number of esters is 1. The van der Waals surface area contributed by atoms with E-state index in [9.17, 15) is 4.79 Å². The first-order chi connectivity index (χ1) is 10.3. The molecule has 4 aliphatic rings. The van der Waals surface area contributed by atoms with Crippen LogP contribution >= 0.6 is 15.9 Å². The van der Waals surface area contributed by atoms with E-state index in [4.69, 9.17) is 14.5 Å². The SMILES string of the molecule is CC(=O)OCC12C=CC(C3CCC(Br)C(C)(C)C3)(CC1)OO2. The van der Waals surface area contributed by atoms with E-state index in [-0.39, 0.29) is 23.6 Å². The molecule has 4 unspecified atom stereocenters. The summed E-state index contributed by atoms with van der Waals surface area (Å²) in [6.45, 7) is 6.28. The van der Waals surface area contributed by atoms with Gasteiger partial charge in [0.2, 0.25) is 0 Å². The molecule has 4 rings (SSSR count). The molecule has 0 aromatic heterocycles. The topological polar surface area (TPSA) is 44.8 Å². The number of ether oxygens (including phenoxy) is 1. The number of carbonyl (C=O) groups is 1. The van der Waals surface area contributed by atoms with Gasteiger partial charge < -0.3 is 4.74 Å². The van der Waals surface area contributed by atoms with E-state index in [0.29, 0.717) is 10.7 Å². The second kappa shape index (κ2) is 5.60. The highest BCUT2D eigenvalue weighted by atomic mass is 79.9. The predicted molar refractivity (Wildman–Crippen MR) is 86.5 cm³/mol. The lowest BCUT2D eigenvalue weighted by atomic mass is 9.63. The normalized spacial score (nSPS) is 43.1. The highest BCUT2D eigenvalue weighted by Gasteiger charge is 2.54. The van der Waals surface area contributed by atoms with Crippen LogP contribution in [-0.2, 0) is 19.3 Å². The van der Waals surface area contributed by atoms with Crippen LogP contribution in [0.1, 0.15) is 52.9 Å². The smallest absolute Gasteiger partial charge is 0.302 e. The quantitative estimate of drug-likeness (QED) is 0.326. The van der Waals surface area contributed by atoms with Crippen molar-refractivity contribution in [2.45, 2.75) is 68.9 Å². The first-order valence-electron chi connectivity index (χ1n) is 8.12. The summed E-state index contributed by atoms with van der Waals surface area (Å²) in [5.74, 6) is 0.186. The summed E-state index contributed by atoms with van der Waals surface area (Å²) in [7, 11) is 0. The fraction of sp³-hybridized carbons (Fsp3) is 0.824. The highest BCUT2D eigenvalue weighted by molar-refractivity contribution is 9.09. The number of alkyl halides is 1. The zero-order valence-electron chi connectivity index (χ0n) is 13.6. The van der Waals surface area contributed by atoms with Gasteiger partial charge in [-0.05, 0) is 49.5 Å². The van der Waals surface area contributed by atoms with Gasteiger partial charge in [-0.15, -0.1) is 0 Å². The fourth-order valence-corrected chi connectivity index (χ4v) is 4.41. The summed E-state index contributed by atoms with van der Waals surface area (Å²) in [4.78, 5) is 23.2. The van der Waals surface area contributed by atoms with Crippen molar-refractivity contribution < 1.29 is 19.3 Å². The summed E-state index contributed by atoms with van der Waals surface area (Å²) in [6.07, 6.45) is 9.41. The number of halogens is 1. The third kappa shape index (κ3) is 2.87. The molecule has 0 radical (unpaired) electrons. The van der Waals surface area contributed by atoms with Gasteiger partial charge in [-0.1, -0.05) is 35.9 Å². The van der Waals surface area contributed by atoms with Crippen LogP contribution in [0.4, 0.5) is 0 Å². The molecule has 4 nitrogen and oxygen atoms in total. The number of fused-ring (bicyclic) bond motifs is 2. The Morgan fingerprint density at radius 1 is 1.27 bits per heavy atom. The highest BCUT2D eigenvalue weighted by Crippen LogP contribution is 2.53. The van der Waals surface area contributed by atoms with Crippen molar-refractivity contribution in [3.63, 3.8) is 0 Å². The van der Waals surface area contributed by atoms with Crippen molar-refractivity contribution in [1.82, 2.24) is 0 Å².